The van der Waals surface area contributed by atoms with Gasteiger partial charge in [-0.3, -0.25) is 4.98 Å². The molecule has 13 heavy (non-hydrogen) atoms. The van der Waals surface area contributed by atoms with E-state index in [-0.39, 0.29) is 0 Å². The van der Waals surface area contributed by atoms with Crippen LogP contribution in [0.5, 0.6) is 0 Å². The molecule has 0 spiro atoms. The summed E-state index contributed by atoms with van der Waals surface area (Å²) in [4.78, 5) is 6.46. The maximum Gasteiger partial charge on any atom is 0.0552 e. The van der Waals surface area contributed by atoms with E-state index in [2.05, 4.69) is 16.0 Å². The fourth-order valence-electron chi connectivity index (χ4n) is 1.80. The Hall–Kier alpha value is -1.09. The fraction of sp³-hybridized carbons (Fsp3) is 0.500. The standard InChI is InChI=1S/C10H15N3/c11-6-9-3-5-13(8-9)10-2-1-4-12-7-10/h1-2,4,7,9H,3,5-6,8,11H2. The zero-order valence-electron chi connectivity index (χ0n) is 7.69. The van der Waals surface area contributed by atoms with Gasteiger partial charge in [0.2, 0.25) is 0 Å². The van der Waals surface area contributed by atoms with Crippen molar-refractivity contribution < 1.29 is 0 Å². The first-order valence-corrected chi connectivity index (χ1v) is 4.75. The van der Waals surface area contributed by atoms with Crippen LogP contribution >= 0.6 is 0 Å². The van der Waals surface area contributed by atoms with Crippen LogP contribution in [0.15, 0.2) is 24.5 Å². The lowest BCUT2D eigenvalue weighted by Gasteiger charge is -2.17. The molecule has 0 bridgehead atoms. The van der Waals surface area contributed by atoms with Gasteiger partial charge in [-0.15, -0.1) is 0 Å². The normalized spacial score (nSPS) is 22.2. The Morgan fingerprint density at radius 1 is 1.62 bits per heavy atom. The first kappa shape index (κ1) is 8.51. The van der Waals surface area contributed by atoms with Crippen LogP contribution in [0.3, 0.4) is 0 Å². The minimum absolute atomic E-state index is 0.667. The summed E-state index contributed by atoms with van der Waals surface area (Å²) in [6.07, 6.45) is 4.93. The topological polar surface area (TPSA) is 42.1 Å². The van der Waals surface area contributed by atoms with E-state index in [1.54, 1.807) is 6.20 Å². The Morgan fingerprint density at radius 2 is 2.54 bits per heavy atom. The SMILES string of the molecule is NCC1CCN(c2cccnc2)C1. The molecule has 3 nitrogen and oxygen atoms in total. The third-order valence-electron chi connectivity index (χ3n) is 2.63. The van der Waals surface area contributed by atoms with Gasteiger partial charge in [0.15, 0.2) is 0 Å². The number of hydrogen-bond donors (Lipinski definition) is 1. The number of anilines is 1. The second kappa shape index (κ2) is 3.75. The Morgan fingerprint density at radius 3 is 3.15 bits per heavy atom. The molecule has 2 heterocycles. The minimum atomic E-state index is 0.667. The molecule has 0 radical (unpaired) electrons. The smallest absolute Gasteiger partial charge is 0.0552 e. The van der Waals surface area contributed by atoms with E-state index in [1.165, 1.54) is 12.1 Å². The maximum absolute atomic E-state index is 5.63. The van der Waals surface area contributed by atoms with Crippen LogP contribution in [-0.2, 0) is 0 Å². The summed E-state index contributed by atoms with van der Waals surface area (Å²) in [5, 5.41) is 0. The highest BCUT2D eigenvalue weighted by atomic mass is 15.2. The lowest BCUT2D eigenvalue weighted by atomic mass is 10.1. The average molecular weight is 177 g/mol. The third-order valence-corrected chi connectivity index (χ3v) is 2.63. The molecule has 1 saturated heterocycles. The van der Waals surface area contributed by atoms with Gasteiger partial charge in [0, 0.05) is 19.3 Å². The van der Waals surface area contributed by atoms with Crippen LogP contribution in [0.4, 0.5) is 5.69 Å². The highest BCUT2D eigenvalue weighted by molar-refractivity contribution is 5.44. The Labute approximate surface area is 78.6 Å². The maximum atomic E-state index is 5.63. The molecule has 0 amide bonds. The predicted octanol–water partition coefficient (Wildman–Crippen LogP) is 0.867. The van der Waals surface area contributed by atoms with E-state index in [9.17, 15) is 0 Å². The van der Waals surface area contributed by atoms with Gasteiger partial charge < -0.3 is 10.6 Å². The molecule has 1 aromatic heterocycles. The molecule has 1 aromatic rings. The Balaban J connectivity index is 2.04. The first-order chi connectivity index (χ1) is 6.40. The van der Waals surface area contributed by atoms with Crippen molar-refractivity contribution in [2.75, 3.05) is 24.5 Å². The van der Waals surface area contributed by atoms with E-state index in [0.29, 0.717) is 5.92 Å². The second-order valence-electron chi connectivity index (χ2n) is 3.55. The molecule has 0 aromatic carbocycles. The summed E-state index contributed by atoms with van der Waals surface area (Å²) in [6, 6.07) is 4.08. The molecular weight excluding hydrogens is 162 g/mol. The molecule has 3 heteroatoms. The zero-order chi connectivity index (χ0) is 9.10. The molecule has 1 unspecified atom stereocenters. The average Bonchev–Trinajstić information content (AvgIpc) is 2.67. The van der Waals surface area contributed by atoms with Gasteiger partial charge in [0.05, 0.1) is 11.9 Å². The van der Waals surface area contributed by atoms with E-state index in [4.69, 9.17) is 5.73 Å². The van der Waals surface area contributed by atoms with Gasteiger partial charge >= 0.3 is 0 Å². The molecule has 70 valence electrons. The number of aromatic nitrogens is 1. The van der Waals surface area contributed by atoms with Crippen molar-refractivity contribution in [1.29, 1.82) is 0 Å². The largest absolute Gasteiger partial charge is 0.370 e. The molecule has 1 atom stereocenters. The van der Waals surface area contributed by atoms with Crippen LogP contribution in [0.1, 0.15) is 6.42 Å². The summed E-state index contributed by atoms with van der Waals surface area (Å²) in [5.74, 6) is 0.667. The summed E-state index contributed by atoms with van der Waals surface area (Å²) in [7, 11) is 0. The van der Waals surface area contributed by atoms with Crippen LogP contribution in [-0.4, -0.2) is 24.6 Å². The van der Waals surface area contributed by atoms with Crippen molar-refractivity contribution in [3.63, 3.8) is 0 Å². The molecule has 2 N–H and O–H groups in total. The summed E-state index contributed by atoms with van der Waals surface area (Å²) in [6.45, 7) is 3.01. The number of rotatable bonds is 2. The van der Waals surface area contributed by atoms with Crippen LogP contribution < -0.4 is 10.6 Å². The highest BCUT2D eigenvalue weighted by Crippen LogP contribution is 2.21. The Kier molecular flexibility index (Phi) is 2.45. The van der Waals surface area contributed by atoms with Gasteiger partial charge in [0.1, 0.15) is 0 Å². The van der Waals surface area contributed by atoms with Crippen LogP contribution in [0.25, 0.3) is 0 Å². The highest BCUT2D eigenvalue weighted by Gasteiger charge is 2.20. The lowest BCUT2D eigenvalue weighted by molar-refractivity contribution is 0.602. The minimum Gasteiger partial charge on any atom is -0.370 e. The molecule has 1 aliphatic rings. The molecule has 1 aliphatic heterocycles. The van der Waals surface area contributed by atoms with Gasteiger partial charge in [-0.1, -0.05) is 0 Å². The van der Waals surface area contributed by atoms with Crippen molar-refractivity contribution >= 4 is 5.69 Å². The van der Waals surface area contributed by atoms with Crippen molar-refractivity contribution in [3.8, 4) is 0 Å². The number of pyridine rings is 1. The van der Waals surface area contributed by atoms with Crippen molar-refractivity contribution in [1.82, 2.24) is 4.98 Å². The summed E-state index contributed by atoms with van der Waals surface area (Å²) >= 11 is 0. The molecule has 1 fully saturated rings. The van der Waals surface area contributed by atoms with Gasteiger partial charge in [0.25, 0.3) is 0 Å². The number of hydrogen-bond acceptors (Lipinski definition) is 3. The van der Waals surface area contributed by atoms with Crippen molar-refractivity contribution in [2.45, 2.75) is 6.42 Å². The van der Waals surface area contributed by atoms with Gasteiger partial charge in [-0.05, 0) is 31.0 Å². The molecule has 0 saturated carbocycles. The van der Waals surface area contributed by atoms with E-state index < -0.39 is 0 Å². The van der Waals surface area contributed by atoms with Crippen LogP contribution in [0, 0.1) is 5.92 Å². The fourth-order valence-corrected chi connectivity index (χ4v) is 1.80. The van der Waals surface area contributed by atoms with E-state index >= 15 is 0 Å². The number of nitrogens with zero attached hydrogens (tertiary/aromatic N) is 2. The first-order valence-electron chi connectivity index (χ1n) is 4.75. The molecular formula is C10H15N3. The zero-order valence-corrected chi connectivity index (χ0v) is 7.69. The number of nitrogens with two attached hydrogens (primary N) is 1. The van der Waals surface area contributed by atoms with Crippen LogP contribution in [0.2, 0.25) is 0 Å². The second-order valence-corrected chi connectivity index (χ2v) is 3.55. The lowest BCUT2D eigenvalue weighted by Crippen LogP contribution is -2.22. The predicted molar refractivity (Wildman–Crippen MR) is 53.6 cm³/mol. The monoisotopic (exact) mass is 177 g/mol. The third kappa shape index (κ3) is 1.80. The Bertz CT molecular complexity index is 260. The summed E-state index contributed by atoms with van der Waals surface area (Å²) in [5.41, 5.74) is 6.85. The van der Waals surface area contributed by atoms with Gasteiger partial charge in [-0.25, -0.2) is 0 Å². The molecule has 0 aliphatic carbocycles. The quantitative estimate of drug-likeness (QED) is 0.728. The summed E-state index contributed by atoms with van der Waals surface area (Å²) < 4.78 is 0. The van der Waals surface area contributed by atoms with Crippen molar-refractivity contribution in [2.24, 2.45) is 11.7 Å². The van der Waals surface area contributed by atoms with E-state index in [0.717, 1.165) is 19.6 Å². The molecule has 2 rings (SSSR count). The van der Waals surface area contributed by atoms with Crippen molar-refractivity contribution in [3.05, 3.63) is 24.5 Å². The van der Waals surface area contributed by atoms with E-state index in [1.807, 2.05) is 12.3 Å². The van der Waals surface area contributed by atoms with Gasteiger partial charge in [-0.2, -0.15) is 0 Å².